The van der Waals surface area contributed by atoms with Crippen molar-refractivity contribution in [3.05, 3.63) is 35.9 Å². The highest BCUT2D eigenvalue weighted by molar-refractivity contribution is 5.75. The summed E-state index contributed by atoms with van der Waals surface area (Å²) in [7, 11) is 1.70. The molecule has 0 radical (unpaired) electrons. The van der Waals surface area contributed by atoms with Crippen LogP contribution in [0.2, 0.25) is 0 Å². The standard InChI is InChI=1S/C20H30N2O3/c1-19(2,3)17(24-4)10-21-18(23)22-11-16-12-25-14-20(16,13-22)15-8-6-5-7-9-15/h5-9,16-17H,10-14H2,1-4H3,(H,21,23)/t16-,17?,20+/m1/s1. The van der Waals surface area contributed by atoms with Gasteiger partial charge in [0.05, 0.1) is 19.3 Å². The molecule has 3 rings (SSSR count). The Labute approximate surface area is 150 Å². The SMILES string of the molecule is COC(CNC(=O)N1C[C@@H]2COC[C@]2(c2ccccc2)C1)C(C)(C)C. The van der Waals surface area contributed by atoms with Gasteiger partial charge in [0.1, 0.15) is 0 Å². The van der Waals surface area contributed by atoms with Gasteiger partial charge in [0.15, 0.2) is 0 Å². The van der Waals surface area contributed by atoms with Gasteiger partial charge >= 0.3 is 6.03 Å². The van der Waals surface area contributed by atoms with Crippen LogP contribution in [0.3, 0.4) is 0 Å². The Balaban J connectivity index is 1.66. The lowest BCUT2D eigenvalue weighted by molar-refractivity contribution is 0.0185. The van der Waals surface area contributed by atoms with Crippen LogP contribution in [-0.4, -0.2) is 57.0 Å². The third-order valence-electron chi connectivity index (χ3n) is 5.70. The number of urea groups is 1. The number of ether oxygens (including phenoxy) is 2. The third-order valence-corrected chi connectivity index (χ3v) is 5.70. The van der Waals surface area contributed by atoms with Crippen molar-refractivity contribution in [1.82, 2.24) is 10.2 Å². The Kier molecular flexibility index (Phi) is 5.07. The molecular formula is C20H30N2O3. The highest BCUT2D eigenvalue weighted by Gasteiger charge is 2.52. The van der Waals surface area contributed by atoms with Gasteiger partial charge in [0, 0.05) is 38.1 Å². The minimum absolute atomic E-state index is 0.00370. The number of rotatable bonds is 4. The number of carbonyl (C=O) groups excluding carboxylic acids is 1. The van der Waals surface area contributed by atoms with Gasteiger partial charge in [0.2, 0.25) is 0 Å². The molecule has 0 aliphatic carbocycles. The number of nitrogens with one attached hydrogen (secondary N) is 1. The first-order valence-electron chi connectivity index (χ1n) is 9.05. The van der Waals surface area contributed by atoms with E-state index in [1.165, 1.54) is 5.56 Å². The van der Waals surface area contributed by atoms with Crippen molar-refractivity contribution < 1.29 is 14.3 Å². The fourth-order valence-electron chi connectivity index (χ4n) is 4.10. The van der Waals surface area contributed by atoms with E-state index in [4.69, 9.17) is 9.47 Å². The van der Waals surface area contributed by atoms with Crippen LogP contribution in [0.5, 0.6) is 0 Å². The van der Waals surface area contributed by atoms with Gasteiger partial charge in [-0.05, 0) is 11.0 Å². The van der Waals surface area contributed by atoms with E-state index in [0.29, 0.717) is 25.6 Å². The average Bonchev–Trinajstić information content (AvgIpc) is 3.13. The lowest BCUT2D eigenvalue weighted by atomic mass is 9.75. The molecule has 1 aromatic rings. The molecule has 1 N–H and O–H groups in total. The zero-order chi connectivity index (χ0) is 18.1. The first-order valence-corrected chi connectivity index (χ1v) is 9.05. The van der Waals surface area contributed by atoms with E-state index in [9.17, 15) is 4.79 Å². The number of methoxy groups -OCH3 is 1. The summed E-state index contributed by atoms with van der Waals surface area (Å²) in [6.45, 7) is 9.75. The molecule has 0 saturated carbocycles. The lowest BCUT2D eigenvalue weighted by Crippen LogP contribution is -2.46. The highest BCUT2D eigenvalue weighted by atomic mass is 16.5. The van der Waals surface area contributed by atoms with Crippen molar-refractivity contribution in [1.29, 1.82) is 0 Å². The number of fused-ring (bicyclic) bond motifs is 1. The van der Waals surface area contributed by atoms with Crippen LogP contribution >= 0.6 is 0 Å². The van der Waals surface area contributed by atoms with Crippen LogP contribution in [0.15, 0.2) is 30.3 Å². The first-order chi connectivity index (χ1) is 11.9. The van der Waals surface area contributed by atoms with E-state index >= 15 is 0 Å². The third kappa shape index (κ3) is 3.53. The molecule has 2 saturated heterocycles. The molecule has 2 amide bonds. The second kappa shape index (κ2) is 6.96. The molecule has 2 heterocycles. The molecule has 2 fully saturated rings. The minimum Gasteiger partial charge on any atom is -0.380 e. The van der Waals surface area contributed by atoms with E-state index in [2.05, 4.69) is 50.4 Å². The summed E-state index contributed by atoms with van der Waals surface area (Å²) in [5.41, 5.74) is 1.20. The molecule has 5 heteroatoms. The van der Waals surface area contributed by atoms with Crippen molar-refractivity contribution >= 4 is 6.03 Å². The van der Waals surface area contributed by atoms with Gasteiger partial charge in [-0.25, -0.2) is 4.79 Å². The summed E-state index contributed by atoms with van der Waals surface area (Å²) >= 11 is 0. The molecule has 1 unspecified atom stereocenters. The van der Waals surface area contributed by atoms with Crippen LogP contribution in [0.25, 0.3) is 0 Å². The van der Waals surface area contributed by atoms with Crippen LogP contribution in [0.4, 0.5) is 4.79 Å². The Bertz CT molecular complexity index is 599. The van der Waals surface area contributed by atoms with Crippen molar-refractivity contribution in [3.8, 4) is 0 Å². The predicted molar refractivity (Wildman–Crippen MR) is 97.7 cm³/mol. The zero-order valence-electron chi connectivity index (χ0n) is 15.7. The monoisotopic (exact) mass is 346 g/mol. The van der Waals surface area contributed by atoms with Gasteiger partial charge in [-0.1, -0.05) is 51.1 Å². The van der Waals surface area contributed by atoms with Crippen molar-refractivity contribution in [2.24, 2.45) is 11.3 Å². The second-order valence-electron chi connectivity index (χ2n) is 8.39. The van der Waals surface area contributed by atoms with Gasteiger partial charge < -0.3 is 19.7 Å². The van der Waals surface area contributed by atoms with Crippen LogP contribution < -0.4 is 5.32 Å². The molecule has 3 atom stereocenters. The Morgan fingerprint density at radius 1 is 1.40 bits per heavy atom. The van der Waals surface area contributed by atoms with E-state index < -0.39 is 0 Å². The van der Waals surface area contributed by atoms with E-state index in [-0.39, 0.29) is 23.0 Å². The van der Waals surface area contributed by atoms with Gasteiger partial charge in [0.25, 0.3) is 0 Å². The number of hydrogen-bond acceptors (Lipinski definition) is 3. The van der Waals surface area contributed by atoms with E-state index in [1.807, 2.05) is 11.0 Å². The van der Waals surface area contributed by atoms with Crippen molar-refractivity contribution in [2.75, 3.05) is 40.0 Å². The largest absolute Gasteiger partial charge is 0.380 e. The molecule has 25 heavy (non-hydrogen) atoms. The number of nitrogens with zero attached hydrogens (tertiary/aromatic N) is 1. The van der Waals surface area contributed by atoms with E-state index in [1.54, 1.807) is 7.11 Å². The summed E-state index contributed by atoms with van der Waals surface area (Å²) in [6.07, 6.45) is -0.00929. The summed E-state index contributed by atoms with van der Waals surface area (Å²) in [4.78, 5) is 14.7. The normalized spacial score (nSPS) is 27.2. The second-order valence-corrected chi connectivity index (χ2v) is 8.39. The van der Waals surface area contributed by atoms with Crippen LogP contribution in [0.1, 0.15) is 26.3 Å². The smallest absolute Gasteiger partial charge is 0.317 e. The van der Waals surface area contributed by atoms with Gasteiger partial charge in [-0.3, -0.25) is 0 Å². The number of benzene rings is 1. The fraction of sp³-hybridized carbons (Fsp3) is 0.650. The first kappa shape index (κ1) is 18.2. The zero-order valence-corrected chi connectivity index (χ0v) is 15.7. The molecule has 0 aromatic heterocycles. The molecule has 0 bridgehead atoms. The number of carbonyl (C=O) groups is 1. The Morgan fingerprint density at radius 2 is 2.12 bits per heavy atom. The van der Waals surface area contributed by atoms with E-state index in [0.717, 1.165) is 13.2 Å². The van der Waals surface area contributed by atoms with Gasteiger partial charge in [-0.2, -0.15) is 0 Å². The predicted octanol–water partition coefficient (Wildman–Crippen LogP) is 2.66. The molecule has 138 valence electrons. The number of amides is 2. The summed E-state index contributed by atoms with van der Waals surface area (Å²) in [5, 5.41) is 3.06. The van der Waals surface area contributed by atoms with Crippen molar-refractivity contribution in [2.45, 2.75) is 32.3 Å². The maximum atomic E-state index is 12.7. The molecule has 2 aliphatic rings. The molecule has 2 aliphatic heterocycles. The molecular weight excluding hydrogens is 316 g/mol. The van der Waals surface area contributed by atoms with Crippen LogP contribution in [-0.2, 0) is 14.9 Å². The quantitative estimate of drug-likeness (QED) is 0.912. The maximum absolute atomic E-state index is 12.7. The molecule has 5 nitrogen and oxygen atoms in total. The lowest BCUT2D eigenvalue weighted by Gasteiger charge is -2.31. The minimum atomic E-state index is -0.0662. The highest BCUT2D eigenvalue weighted by Crippen LogP contribution is 2.43. The number of hydrogen-bond donors (Lipinski definition) is 1. The summed E-state index contributed by atoms with van der Waals surface area (Å²) in [6, 6.07) is 10.5. The summed E-state index contributed by atoms with van der Waals surface area (Å²) in [5.74, 6) is 0.362. The molecule has 0 spiro atoms. The Morgan fingerprint density at radius 3 is 2.76 bits per heavy atom. The van der Waals surface area contributed by atoms with Gasteiger partial charge in [-0.15, -0.1) is 0 Å². The summed E-state index contributed by atoms with van der Waals surface area (Å²) < 4.78 is 11.3. The van der Waals surface area contributed by atoms with Crippen molar-refractivity contribution in [3.63, 3.8) is 0 Å². The Hall–Kier alpha value is -1.59. The average molecular weight is 346 g/mol. The topological polar surface area (TPSA) is 50.8 Å². The number of likely N-dealkylation sites (tertiary alicyclic amines) is 1. The molecule has 1 aromatic carbocycles. The van der Waals surface area contributed by atoms with Crippen LogP contribution in [0, 0.1) is 11.3 Å². The fourth-order valence-corrected chi connectivity index (χ4v) is 4.10. The maximum Gasteiger partial charge on any atom is 0.317 e.